The number of aromatic nitrogens is 2. The average Bonchev–Trinajstić information content (AvgIpc) is 2.42. The van der Waals surface area contributed by atoms with E-state index < -0.39 is 0 Å². The molecule has 1 aromatic heterocycles. The van der Waals surface area contributed by atoms with Crippen molar-refractivity contribution >= 4 is 12.2 Å². The van der Waals surface area contributed by atoms with Gasteiger partial charge < -0.3 is 15.2 Å². The Morgan fingerprint density at radius 3 is 3.00 bits per heavy atom. The molecule has 104 valence electrons. The maximum absolute atomic E-state index is 9.83. The Kier molecular flexibility index (Phi) is 3.42. The lowest BCUT2D eigenvalue weighted by atomic mass is 10.1. The largest absolute Gasteiger partial charge is 0.508 e. The Bertz CT molecular complexity index is 699. The zero-order chi connectivity index (χ0) is 14.1. The van der Waals surface area contributed by atoms with Crippen LogP contribution in [-0.4, -0.2) is 31.6 Å². The maximum atomic E-state index is 9.83. The molecule has 0 bridgehead atoms. The van der Waals surface area contributed by atoms with Gasteiger partial charge in [0.1, 0.15) is 11.5 Å². The van der Waals surface area contributed by atoms with E-state index in [2.05, 4.69) is 14.9 Å². The van der Waals surface area contributed by atoms with Gasteiger partial charge in [0.2, 0.25) is 0 Å². The van der Waals surface area contributed by atoms with E-state index in [9.17, 15) is 10.2 Å². The summed E-state index contributed by atoms with van der Waals surface area (Å²) in [7, 11) is 0. The number of fused-ring (bicyclic) bond motifs is 1. The summed E-state index contributed by atoms with van der Waals surface area (Å²) in [6.07, 6.45) is 2.71. The van der Waals surface area contributed by atoms with E-state index >= 15 is 0 Å². The van der Waals surface area contributed by atoms with E-state index in [0.29, 0.717) is 11.3 Å². The number of benzene rings is 1. The number of phenols is 2. The smallest absolute Gasteiger partial charge is 0.196 e. The number of phenolic OH excluding ortho intramolecular Hbond substituents is 2. The van der Waals surface area contributed by atoms with Crippen LogP contribution >= 0.6 is 12.2 Å². The highest BCUT2D eigenvalue weighted by Gasteiger charge is 2.18. The summed E-state index contributed by atoms with van der Waals surface area (Å²) in [5, 5.41) is 19.1. The first-order valence-corrected chi connectivity index (χ1v) is 6.83. The first kappa shape index (κ1) is 13.1. The number of nitrogens with zero attached hydrogens (tertiary/aromatic N) is 2. The highest BCUT2D eigenvalue weighted by atomic mass is 32.1. The van der Waals surface area contributed by atoms with E-state index in [1.54, 1.807) is 12.1 Å². The number of aromatic hydroxyl groups is 2. The van der Waals surface area contributed by atoms with Crippen LogP contribution in [0.4, 0.5) is 0 Å². The molecule has 0 aliphatic carbocycles. The molecule has 2 heterocycles. The number of nitrogens with one attached hydrogen (secondary N) is 1. The molecular formula is C14H15N3O2S. The van der Waals surface area contributed by atoms with E-state index in [-0.39, 0.29) is 11.5 Å². The molecule has 2 aromatic rings. The third kappa shape index (κ3) is 2.66. The third-order valence-corrected chi connectivity index (χ3v) is 3.73. The van der Waals surface area contributed by atoms with Gasteiger partial charge in [-0.3, -0.25) is 4.90 Å². The lowest BCUT2D eigenvalue weighted by Gasteiger charge is -2.28. The van der Waals surface area contributed by atoms with Crippen molar-refractivity contribution in [3.05, 3.63) is 46.0 Å². The summed E-state index contributed by atoms with van der Waals surface area (Å²) in [5.41, 5.74) is 3.10. The summed E-state index contributed by atoms with van der Waals surface area (Å²) in [4.78, 5) is 9.47. The van der Waals surface area contributed by atoms with Crippen molar-refractivity contribution in [1.82, 2.24) is 14.9 Å². The zero-order valence-electron chi connectivity index (χ0n) is 10.8. The van der Waals surface area contributed by atoms with Gasteiger partial charge >= 0.3 is 0 Å². The molecule has 1 aliphatic rings. The third-order valence-electron chi connectivity index (χ3n) is 3.52. The highest BCUT2D eigenvalue weighted by Crippen LogP contribution is 2.25. The van der Waals surface area contributed by atoms with Crippen molar-refractivity contribution in [3.63, 3.8) is 0 Å². The molecule has 3 rings (SSSR count). The van der Waals surface area contributed by atoms with Gasteiger partial charge in [-0.05, 0) is 18.3 Å². The summed E-state index contributed by atoms with van der Waals surface area (Å²) in [5.74, 6) is 0.202. The number of hydrogen-bond donors (Lipinski definition) is 3. The lowest BCUT2D eigenvalue weighted by Crippen LogP contribution is -2.30. The molecular weight excluding hydrogens is 274 g/mol. The van der Waals surface area contributed by atoms with E-state index in [1.165, 1.54) is 6.07 Å². The quantitative estimate of drug-likeness (QED) is 0.739. The minimum Gasteiger partial charge on any atom is -0.508 e. The highest BCUT2D eigenvalue weighted by molar-refractivity contribution is 7.71. The molecule has 20 heavy (non-hydrogen) atoms. The van der Waals surface area contributed by atoms with E-state index in [0.717, 1.165) is 36.3 Å². The monoisotopic (exact) mass is 289 g/mol. The van der Waals surface area contributed by atoms with Crippen LogP contribution in [-0.2, 0) is 19.5 Å². The van der Waals surface area contributed by atoms with Crippen molar-refractivity contribution in [2.24, 2.45) is 0 Å². The van der Waals surface area contributed by atoms with Gasteiger partial charge in [-0.25, -0.2) is 4.98 Å². The van der Waals surface area contributed by atoms with E-state index in [1.807, 2.05) is 6.20 Å². The normalized spacial score (nSPS) is 15.0. The summed E-state index contributed by atoms with van der Waals surface area (Å²) in [6.45, 7) is 2.30. The topological polar surface area (TPSA) is 72.4 Å². The van der Waals surface area contributed by atoms with Crippen molar-refractivity contribution in [1.29, 1.82) is 0 Å². The van der Waals surface area contributed by atoms with Crippen molar-refractivity contribution in [3.8, 4) is 11.5 Å². The summed E-state index contributed by atoms with van der Waals surface area (Å²) in [6, 6.07) is 4.70. The van der Waals surface area contributed by atoms with E-state index in [4.69, 9.17) is 12.2 Å². The van der Waals surface area contributed by atoms with Crippen LogP contribution in [0.15, 0.2) is 24.4 Å². The molecule has 0 spiro atoms. The van der Waals surface area contributed by atoms with Gasteiger partial charge in [-0.2, -0.15) is 0 Å². The maximum Gasteiger partial charge on any atom is 0.196 e. The van der Waals surface area contributed by atoms with Crippen LogP contribution in [0.5, 0.6) is 11.5 Å². The Morgan fingerprint density at radius 2 is 2.20 bits per heavy atom. The predicted octanol–water partition coefficient (Wildman–Crippen LogP) is 2.11. The summed E-state index contributed by atoms with van der Waals surface area (Å²) < 4.78 is 0.522. The molecule has 3 N–H and O–H groups in total. The number of H-pyrrole nitrogens is 1. The standard InChI is InChI=1S/C14H15N3O2S/c18-11-2-1-9(13(19)5-11)7-17-4-3-12-10(8-17)6-15-14(20)16-12/h1-2,5-6,18-19H,3-4,7-8H2,(H,15,16,20). The molecule has 1 aromatic carbocycles. The first-order chi connectivity index (χ1) is 9.61. The van der Waals surface area contributed by atoms with Crippen LogP contribution in [0.1, 0.15) is 16.8 Å². The van der Waals surface area contributed by atoms with Gasteiger partial charge in [0.15, 0.2) is 4.77 Å². The second-order valence-corrected chi connectivity index (χ2v) is 5.35. The molecule has 0 atom stereocenters. The molecule has 0 amide bonds. The van der Waals surface area contributed by atoms with Crippen molar-refractivity contribution in [2.45, 2.75) is 19.5 Å². The minimum absolute atomic E-state index is 0.0759. The van der Waals surface area contributed by atoms with Crippen molar-refractivity contribution in [2.75, 3.05) is 6.54 Å². The van der Waals surface area contributed by atoms with Crippen LogP contribution in [0, 0.1) is 4.77 Å². The van der Waals surface area contributed by atoms with Crippen LogP contribution < -0.4 is 0 Å². The van der Waals surface area contributed by atoms with Crippen LogP contribution in [0.25, 0.3) is 0 Å². The molecule has 0 saturated carbocycles. The number of rotatable bonds is 2. The SMILES string of the molecule is Oc1ccc(CN2CCc3[nH]c(=S)ncc3C2)c(O)c1. The first-order valence-electron chi connectivity index (χ1n) is 6.42. The zero-order valence-corrected chi connectivity index (χ0v) is 11.7. The Hall–Kier alpha value is -1.92. The van der Waals surface area contributed by atoms with Gasteiger partial charge in [0.25, 0.3) is 0 Å². The fourth-order valence-electron chi connectivity index (χ4n) is 2.47. The molecule has 6 heteroatoms. The number of hydrogen-bond acceptors (Lipinski definition) is 5. The van der Waals surface area contributed by atoms with Crippen LogP contribution in [0.3, 0.4) is 0 Å². The van der Waals surface area contributed by atoms with Crippen LogP contribution in [0.2, 0.25) is 0 Å². The lowest BCUT2D eigenvalue weighted by molar-refractivity contribution is 0.239. The van der Waals surface area contributed by atoms with Gasteiger partial charge in [0, 0.05) is 55.1 Å². The molecule has 0 saturated heterocycles. The Balaban J connectivity index is 1.77. The Morgan fingerprint density at radius 1 is 1.35 bits per heavy atom. The van der Waals surface area contributed by atoms with Gasteiger partial charge in [0.05, 0.1) is 0 Å². The van der Waals surface area contributed by atoms with Gasteiger partial charge in [-0.1, -0.05) is 6.07 Å². The second kappa shape index (κ2) is 5.22. The molecule has 0 radical (unpaired) electrons. The molecule has 1 aliphatic heterocycles. The summed E-state index contributed by atoms with van der Waals surface area (Å²) >= 11 is 5.02. The fraction of sp³-hybridized carbons (Fsp3) is 0.286. The number of aromatic amines is 1. The van der Waals surface area contributed by atoms with Gasteiger partial charge in [-0.15, -0.1) is 0 Å². The molecule has 0 unspecified atom stereocenters. The fourth-order valence-corrected chi connectivity index (χ4v) is 2.64. The predicted molar refractivity (Wildman–Crippen MR) is 77.0 cm³/mol. The second-order valence-electron chi connectivity index (χ2n) is 4.97. The average molecular weight is 289 g/mol. The van der Waals surface area contributed by atoms with Crippen molar-refractivity contribution < 1.29 is 10.2 Å². The Labute approximate surface area is 121 Å². The molecule has 0 fully saturated rings. The minimum atomic E-state index is 0.0759. The molecule has 5 nitrogen and oxygen atoms in total.